The highest BCUT2D eigenvalue weighted by Gasteiger charge is 2.11. The molecule has 0 bridgehead atoms. The van der Waals surface area contributed by atoms with Gasteiger partial charge < -0.3 is 9.67 Å². The van der Waals surface area contributed by atoms with E-state index >= 15 is 0 Å². The van der Waals surface area contributed by atoms with Crippen molar-refractivity contribution in [2.75, 3.05) is 0 Å². The Labute approximate surface area is 120 Å². The summed E-state index contributed by atoms with van der Waals surface area (Å²) in [5.41, 5.74) is 4.02. The number of rotatable bonds is 3. The van der Waals surface area contributed by atoms with Gasteiger partial charge in [0.2, 0.25) is 0 Å². The predicted octanol–water partition coefficient (Wildman–Crippen LogP) is 3.24. The molecule has 2 heterocycles. The molecule has 0 radical (unpaired) electrons. The van der Waals surface area contributed by atoms with Gasteiger partial charge in [-0.2, -0.15) is 0 Å². The molecule has 0 fully saturated rings. The number of benzene rings is 1. The lowest BCUT2D eigenvalue weighted by Gasteiger charge is -2.06. The van der Waals surface area contributed by atoms with E-state index in [-0.39, 0.29) is 12.4 Å². The Morgan fingerprint density at radius 1 is 1.24 bits per heavy atom. The maximum absolute atomic E-state index is 13.0. The van der Waals surface area contributed by atoms with Gasteiger partial charge in [-0.25, -0.2) is 4.39 Å². The fraction of sp³-hybridized carbons (Fsp3) is 0.125. The van der Waals surface area contributed by atoms with Gasteiger partial charge in [0, 0.05) is 17.5 Å². The summed E-state index contributed by atoms with van der Waals surface area (Å²) in [5.74, 6) is -1.19. The number of aryl methyl sites for hydroxylation is 1. The van der Waals surface area contributed by atoms with E-state index < -0.39 is 5.97 Å². The average Bonchev–Trinajstić information content (AvgIpc) is 2.75. The Balaban J connectivity index is 2.14. The number of nitrogens with zero attached hydrogens (tertiary/aromatic N) is 2. The third-order valence-corrected chi connectivity index (χ3v) is 3.43. The van der Waals surface area contributed by atoms with E-state index in [9.17, 15) is 9.18 Å². The summed E-state index contributed by atoms with van der Waals surface area (Å²) >= 11 is 0. The smallest absolute Gasteiger partial charge is 0.323 e. The lowest BCUT2D eigenvalue weighted by molar-refractivity contribution is -0.137. The van der Waals surface area contributed by atoms with Crippen LogP contribution in [0.15, 0.2) is 42.6 Å². The molecule has 106 valence electrons. The van der Waals surface area contributed by atoms with Gasteiger partial charge in [0.25, 0.3) is 0 Å². The largest absolute Gasteiger partial charge is 0.480 e. The molecule has 4 nitrogen and oxygen atoms in total. The molecule has 0 aliphatic rings. The number of halogens is 1. The van der Waals surface area contributed by atoms with E-state index in [1.54, 1.807) is 22.9 Å². The predicted molar refractivity (Wildman–Crippen MR) is 77.5 cm³/mol. The molecule has 21 heavy (non-hydrogen) atoms. The van der Waals surface area contributed by atoms with Crippen molar-refractivity contribution in [2.45, 2.75) is 13.5 Å². The molecule has 3 aromatic rings. The fourth-order valence-electron chi connectivity index (χ4n) is 2.40. The third kappa shape index (κ3) is 2.50. The van der Waals surface area contributed by atoms with Crippen LogP contribution < -0.4 is 0 Å². The van der Waals surface area contributed by atoms with E-state index in [4.69, 9.17) is 5.11 Å². The van der Waals surface area contributed by atoms with E-state index in [1.807, 2.05) is 19.1 Å². The van der Waals surface area contributed by atoms with Crippen molar-refractivity contribution >= 4 is 17.0 Å². The molecular weight excluding hydrogens is 271 g/mol. The minimum absolute atomic E-state index is 0.107. The zero-order chi connectivity index (χ0) is 15.0. The summed E-state index contributed by atoms with van der Waals surface area (Å²) in [4.78, 5) is 15.3. The number of aliphatic carboxylic acids is 1. The van der Waals surface area contributed by atoms with Crippen LogP contribution in [0, 0.1) is 12.7 Å². The number of aromatic nitrogens is 2. The maximum Gasteiger partial charge on any atom is 0.323 e. The molecule has 1 aromatic carbocycles. The second kappa shape index (κ2) is 5.01. The van der Waals surface area contributed by atoms with Crippen molar-refractivity contribution in [3.8, 4) is 11.1 Å². The first-order valence-corrected chi connectivity index (χ1v) is 6.48. The minimum Gasteiger partial charge on any atom is -0.480 e. The standard InChI is InChI=1S/C16H13FN2O2/c1-10-6-14-15(19(10)9-16(20)21)7-12(8-18-14)11-2-4-13(17)5-3-11/h2-8H,9H2,1H3,(H,20,21). The molecule has 5 heteroatoms. The Hall–Kier alpha value is -2.69. The number of carboxylic acid groups (broad SMARTS) is 1. The fourth-order valence-corrected chi connectivity index (χ4v) is 2.40. The third-order valence-electron chi connectivity index (χ3n) is 3.43. The summed E-state index contributed by atoms with van der Waals surface area (Å²) in [6.45, 7) is 1.74. The SMILES string of the molecule is Cc1cc2ncc(-c3ccc(F)cc3)cc2n1CC(=O)O. The van der Waals surface area contributed by atoms with Crippen molar-refractivity contribution in [1.82, 2.24) is 9.55 Å². The summed E-state index contributed by atoms with van der Waals surface area (Å²) in [6.07, 6.45) is 1.71. The van der Waals surface area contributed by atoms with Crippen molar-refractivity contribution in [3.05, 3.63) is 54.1 Å². The Bertz CT molecular complexity index is 822. The summed E-state index contributed by atoms with van der Waals surface area (Å²) in [7, 11) is 0. The van der Waals surface area contributed by atoms with Gasteiger partial charge in [0.05, 0.1) is 11.0 Å². The van der Waals surface area contributed by atoms with Gasteiger partial charge in [-0.1, -0.05) is 12.1 Å². The highest BCUT2D eigenvalue weighted by atomic mass is 19.1. The molecule has 0 aliphatic heterocycles. The Morgan fingerprint density at radius 3 is 2.62 bits per heavy atom. The number of carbonyl (C=O) groups is 1. The summed E-state index contributed by atoms with van der Waals surface area (Å²) < 4.78 is 14.7. The molecule has 0 saturated carbocycles. The highest BCUT2D eigenvalue weighted by Crippen LogP contribution is 2.25. The molecule has 0 saturated heterocycles. The molecule has 3 rings (SSSR count). The van der Waals surface area contributed by atoms with Crippen LogP contribution >= 0.6 is 0 Å². The van der Waals surface area contributed by atoms with Gasteiger partial charge in [0.15, 0.2) is 0 Å². The molecule has 0 spiro atoms. The van der Waals surface area contributed by atoms with Crippen LogP contribution in [0.4, 0.5) is 4.39 Å². The number of pyridine rings is 1. The first-order valence-electron chi connectivity index (χ1n) is 6.48. The number of hydrogen-bond acceptors (Lipinski definition) is 2. The van der Waals surface area contributed by atoms with Crippen molar-refractivity contribution < 1.29 is 14.3 Å². The zero-order valence-corrected chi connectivity index (χ0v) is 11.4. The van der Waals surface area contributed by atoms with E-state index in [0.29, 0.717) is 0 Å². The molecule has 0 aliphatic carbocycles. The van der Waals surface area contributed by atoms with Crippen molar-refractivity contribution in [3.63, 3.8) is 0 Å². The number of fused-ring (bicyclic) bond motifs is 1. The average molecular weight is 284 g/mol. The van der Waals surface area contributed by atoms with Gasteiger partial charge in [0.1, 0.15) is 12.4 Å². The Kier molecular flexibility index (Phi) is 3.17. The van der Waals surface area contributed by atoms with E-state index in [0.717, 1.165) is 27.9 Å². The first-order chi connectivity index (χ1) is 10.0. The summed E-state index contributed by atoms with van der Waals surface area (Å²) in [6, 6.07) is 9.87. The molecule has 0 amide bonds. The highest BCUT2D eigenvalue weighted by molar-refractivity contribution is 5.83. The van der Waals surface area contributed by atoms with Gasteiger partial charge in [-0.15, -0.1) is 0 Å². The second-order valence-corrected chi connectivity index (χ2v) is 4.90. The van der Waals surface area contributed by atoms with Crippen LogP contribution in [0.2, 0.25) is 0 Å². The molecule has 2 aromatic heterocycles. The Morgan fingerprint density at radius 2 is 1.95 bits per heavy atom. The molecular formula is C16H13FN2O2. The van der Waals surface area contributed by atoms with Crippen LogP contribution in [0.3, 0.4) is 0 Å². The van der Waals surface area contributed by atoms with Crippen molar-refractivity contribution in [2.24, 2.45) is 0 Å². The lowest BCUT2D eigenvalue weighted by Crippen LogP contribution is -2.09. The molecule has 0 atom stereocenters. The normalized spacial score (nSPS) is 11.0. The van der Waals surface area contributed by atoms with Crippen LogP contribution in [0.5, 0.6) is 0 Å². The first kappa shape index (κ1) is 13.3. The molecule has 0 unspecified atom stereocenters. The molecule has 1 N–H and O–H groups in total. The minimum atomic E-state index is -0.900. The van der Waals surface area contributed by atoms with Crippen LogP contribution in [-0.4, -0.2) is 20.6 Å². The van der Waals surface area contributed by atoms with E-state index in [2.05, 4.69) is 4.98 Å². The lowest BCUT2D eigenvalue weighted by atomic mass is 10.1. The van der Waals surface area contributed by atoms with E-state index in [1.165, 1.54) is 12.1 Å². The second-order valence-electron chi connectivity index (χ2n) is 4.90. The van der Waals surface area contributed by atoms with Gasteiger partial charge in [-0.3, -0.25) is 9.78 Å². The van der Waals surface area contributed by atoms with Gasteiger partial charge >= 0.3 is 5.97 Å². The zero-order valence-electron chi connectivity index (χ0n) is 11.4. The van der Waals surface area contributed by atoms with Crippen LogP contribution in [0.25, 0.3) is 22.2 Å². The number of hydrogen-bond donors (Lipinski definition) is 1. The van der Waals surface area contributed by atoms with Gasteiger partial charge in [-0.05, 0) is 36.8 Å². The number of carboxylic acids is 1. The topological polar surface area (TPSA) is 55.1 Å². The van der Waals surface area contributed by atoms with Crippen molar-refractivity contribution in [1.29, 1.82) is 0 Å². The maximum atomic E-state index is 13.0. The monoisotopic (exact) mass is 284 g/mol. The van der Waals surface area contributed by atoms with Crippen LogP contribution in [-0.2, 0) is 11.3 Å². The summed E-state index contributed by atoms with van der Waals surface area (Å²) in [5, 5.41) is 9.00. The quantitative estimate of drug-likeness (QED) is 0.803. The van der Waals surface area contributed by atoms with Crippen LogP contribution in [0.1, 0.15) is 5.69 Å².